The zero-order valence-electron chi connectivity index (χ0n) is 19.7. The average Bonchev–Trinajstić information content (AvgIpc) is 3.39. The number of amides is 2. The van der Waals surface area contributed by atoms with Gasteiger partial charge >= 0.3 is 0 Å². The highest BCUT2D eigenvalue weighted by atomic mass is 32.2. The number of aromatic nitrogens is 2. The molecule has 2 aromatic heterocycles. The quantitative estimate of drug-likeness (QED) is 0.293. The molecule has 0 spiro atoms. The van der Waals surface area contributed by atoms with Crippen molar-refractivity contribution in [1.82, 2.24) is 14.9 Å². The van der Waals surface area contributed by atoms with Gasteiger partial charge in [0.25, 0.3) is 11.5 Å². The summed E-state index contributed by atoms with van der Waals surface area (Å²) in [6.07, 6.45) is 1.54. The summed E-state index contributed by atoms with van der Waals surface area (Å²) in [7, 11) is 1.63. The van der Waals surface area contributed by atoms with Crippen LogP contribution in [0.2, 0.25) is 0 Å². The molecule has 0 bridgehead atoms. The number of fused-ring (bicyclic) bond motifs is 1. The summed E-state index contributed by atoms with van der Waals surface area (Å²) in [6.45, 7) is 4.06. The highest BCUT2D eigenvalue weighted by Gasteiger charge is 2.20. The molecule has 0 radical (unpaired) electrons. The van der Waals surface area contributed by atoms with Crippen LogP contribution in [0.1, 0.15) is 36.0 Å². The van der Waals surface area contributed by atoms with Crippen molar-refractivity contribution in [3.8, 4) is 0 Å². The number of anilines is 1. The van der Waals surface area contributed by atoms with E-state index in [-0.39, 0.29) is 35.7 Å². The summed E-state index contributed by atoms with van der Waals surface area (Å²) in [5.41, 5.74) is 1.33. The van der Waals surface area contributed by atoms with Crippen LogP contribution in [0.4, 0.5) is 5.69 Å². The fourth-order valence-corrected chi connectivity index (χ4v) is 4.72. The highest BCUT2D eigenvalue weighted by molar-refractivity contribution is 7.99. The van der Waals surface area contributed by atoms with Crippen molar-refractivity contribution in [1.29, 1.82) is 0 Å². The van der Waals surface area contributed by atoms with Crippen molar-refractivity contribution in [3.05, 3.63) is 88.6 Å². The molecule has 2 heterocycles. The summed E-state index contributed by atoms with van der Waals surface area (Å²) >= 11 is 1.21. The smallest absolute Gasteiger partial charge is 0.262 e. The minimum Gasteiger partial charge on any atom is -0.467 e. The van der Waals surface area contributed by atoms with Gasteiger partial charge in [0.2, 0.25) is 5.91 Å². The van der Waals surface area contributed by atoms with Gasteiger partial charge in [-0.15, -0.1) is 0 Å². The van der Waals surface area contributed by atoms with E-state index in [0.717, 1.165) is 0 Å². The summed E-state index contributed by atoms with van der Waals surface area (Å²) < 4.78 is 6.87. The van der Waals surface area contributed by atoms with E-state index in [0.29, 0.717) is 33.1 Å². The third-order valence-electron chi connectivity index (χ3n) is 5.50. The Morgan fingerprint density at radius 1 is 1.09 bits per heavy atom. The Labute approximate surface area is 207 Å². The van der Waals surface area contributed by atoms with Crippen LogP contribution in [0.5, 0.6) is 0 Å². The molecule has 2 aromatic carbocycles. The van der Waals surface area contributed by atoms with Crippen LogP contribution in [0.3, 0.4) is 0 Å². The van der Waals surface area contributed by atoms with Crippen molar-refractivity contribution in [3.63, 3.8) is 0 Å². The lowest BCUT2D eigenvalue weighted by Crippen LogP contribution is -2.32. The summed E-state index contributed by atoms with van der Waals surface area (Å²) in [4.78, 5) is 45.0. The van der Waals surface area contributed by atoms with Gasteiger partial charge in [-0.05, 0) is 50.2 Å². The van der Waals surface area contributed by atoms with Gasteiger partial charge in [-0.1, -0.05) is 36.0 Å². The van der Waals surface area contributed by atoms with Crippen LogP contribution in [0.25, 0.3) is 10.9 Å². The average molecular weight is 491 g/mol. The van der Waals surface area contributed by atoms with E-state index in [1.54, 1.807) is 66.4 Å². The van der Waals surface area contributed by atoms with E-state index in [2.05, 4.69) is 10.3 Å². The maximum Gasteiger partial charge on any atom is 0.262 e. The van der Waals surface area contributed by atoms with Crippen molar-refractivity contribution in [2.75, 3.05) is 17.7 Å². The third-order valence-corrected chi connectivity index (χ3v) is 6.44. The number of rotatable bonds is 8. The number of hydrogen-bond donors (Lipinski definition) is 1. The second-order valence-electron chi connectivity index (χ2n) is 8.20. The molecule has 9 heteroatoms. The second-order valence-corrected chi connectivity index (χ2v) is 9.14. The van der Waals surface area contributed by atoms with Gasteiger partial charge in [0.05, 0.1) is 40.7 Å². The van der Waals surface area contributed by atoms with Crippen molar-refractivity contribution >= 4 is 40.2 Å². The van der Waals surface area contributed by atoms with E-state index >= 15 is 0 Å². The zero-order valence-corrected chi connectivity index (χ0v) is 20.5. The molecule has 0 atom stereocenters. The largest absolute Gasteiger partial charge is 0.467 e. The highest BCUT2D eigenvalue weighted by Crippen LogP contribution is 2.24. The third kappa shape index (κ3) is 5.30. The molecule has 8 nitrogen and oxygen atoms in total. The van der Waals surface area contributed by atoms with Gasteiger partial charge in [0, 0.05) is 13.1 Å². The van der Waals surface area contributed by atoms with Crippen molar-refractivity contribution in [2.45, 2.75) is 31.6 Å². The lowest BCUT2D eigenvalue weighted by atomic mass is 10.1. The van der Waals surface area contributed by atoms with Gasteiger partial charge in [0.15, 0.2) is 5.16 Å². The second kappa shape index (κ2) is 10.6. The Morgan fingerprint density at radius 3 is 2.57 bits per heavy atom. The van der Waals surface area contributed by atoms with Crippen LogP contribution in [0, 0.1) is 0 Å². The number of hydrogen-bond acceptors (Lipinski definition) is 6. The predicted molar refractivity (Wildman–Crippen MR) is 137 cm³/mol. The van der Waals surface area contributed by atoms with Crippen molar-refractivity contribution in [2.24, 2.45) is 0 Å². The molecule has 0 aliphatic carbocycles. The topological polar surface area (TPSA) is 97.4 Å². The molecule has 0 aliphatic heterocycles. The number of benzene rings is 2. The minimum absolute atomic E-state index is 0.0519. The lowest BCUT2D eigenvalue weighted by Gasteiger charge is -2.21. The molecular formula is C26H26N4O4S. The van der Waals surface area contributed by atoms with Gasteiger partial charge in [-0.25, -0.2) is 4.98 Å². The Kier molecular flexibility index (Phi) is 7.36. The molecule has 4 rings (SSSR count). The number of thioether (sulfide) groups is 1. The lowest BCUT2D eigenvalue weighted by molar-refractivity contribution is -0.115. The summed E-state index contributed by atoms with van der Waals surface area (Å²) in [5.74, 6) is 0.153. The van der Waals surface area contributed by atoms with E-state index in [1.807, 2.05) is 26.0 Å². The Hall–Kier alpha value is -3.85. The summed E-state index contributed by atoms with van der Waals surface area (Å²) in [6, 6.07) is 17.5. The number of nitrogens with zero attached hydrogens (tertiary/aromatic N) is 3. The van der Waals surface area contributed by atoms with Crippen LogP contribution in [-0.2, 0) is 11.3 Å². The van der Waals surface area contributed by atoms with E-state index in [4.69, 9.17) is 4.42 Å². The van der Waals surface area contributed by atoms with E-state index in [9.17, 15) is 14.4 Å². The first-order valence-electron chi connectivity index (χ1n) is 11.2. The Morgan fingerprint density at radius 2 is 1.83 bits per heavy atom. The standard InChI is InChI=1S/C26H26N4O4S/c1-17(2)30-25(33)19-10-4-6-12-21(19)28-26(30)35-16-23(31)29(3)22-13-7-5-11-20(22)24(32)27-15-18-9-8-14-34-18/h4-14,17H,15-16H2,1-3H3,(H,27,32). The summed E-state index contributed by atoms with van der Waals surface area (Å²) in [5, 5.41) is 3.84. The van der Waals surface area contributed by atoms with Gasteiger partial charge in [-0.3, -0.25) is 19.0 Å². The number of furan rings is 1. The number of nitrogens with one attached hydrogen (secondary N) is 1. The van der Waals surface area contributed by atoms with Crippen LogP contribution in [0.15, 0.2) is 81.3 Å². The predicted octanol–water partition coefficient (Wildman–Crippen LogP) is 4.26. The number of carbonyl (C=O) groups is 2. The molecule has 0 saturated heterocycles. The van der Waals surface area contributed by atoms with Gasteiger partial charge in [-0.2, -0.15) is 0 Å². The Bertz CT molecular complexity index is 1410. The molecule has 0 saturated carbocycles. The molecule has 35 heavy (non-hydrogen) atoms. The zero-order chi connectivity index (χ0) is 24.9. The first kappa shape index (κ1) is 24.3. The first-order valence-corrected chi connectivity index (χ1v) is 12.2. The Balaban J connectivity index is 1.52. The number of para-hydroxylation sites is 2. The molecule has 0 unspecified atom stereocenters. The molecule has 2 amide bonds. The van der Waals surface area contributed by atoms with Crippen molar-refractivity contribution < 1.29 is 14.0 Å². The molecule has 0 fully saturated rings. The minimum atomic E-state index is -0.311. The molecule has 0 aliphatic rings. The SMILES string of the molecule is CC(C)n1c(SCC(=O)N(C)c2ccccc2C(=O)NCc2ccco2)nc2ccccc2c1=O. The molecule has 1 N–H and O–H groups in total. The normalized spacial score (nSPS) is 11.1. The van der Waals surface area contributed by atoms with E-state index < -0.39 is 0 Å². The maximum absolute atomic E-state index is 13.1. The van der Waals surface area contributed by atoms with Crippen LogP contribution < -0.4 is 15.8 Å². The van der Waals surface area contributed by atoms with E-state index in [1.165, 1.54) is 16.7 Å². The first-order chi connectivity index (χ1) is 16.9. The maximum atomic E-state index is 13.1. The molecule has 4 aromatic rings. The van der Waals surface area contributed by atoms with Crippen LogP contribution in [-0.4, -0.2) is 34.2 Å². The monoisotopic (exact) mass is 490 g/mol. The fourth-order valence-electron chi connectivity index (χ4n) is 3.67. The van der Waals surface area contributed by atoms with Gasteiger partial charge < -0.3 is 14.6 Å². The molecular weight excluding hydrogens is 464 g/mol. The number of carbonyl (C=O) groups excluding carboxylic acids is 2. The van der Waals surface area contributed by atoms with Gasteiger partial charge in [0.1, 0.15) is 5.76 Å². The van der Waals surface area contributed by atoms with Crippen LogP contribution >= 0.6 is 11.8 Å². The fraction of sp³-hybridized carbons (Fsp3) is 0.231. The molecule has 180 valence electrons.